The van der Waals surface area contributed by atoms with Crippen LogP contribution in [-0.4, -0.2) is 70.4 Å². The number of aliphatic hydroxyl groups is 1. The first-order valence-corrected chi connectivity index (χ1v) is 8.71. The average molecular weight is 295 g/mol. The van der Waals surface area contributed by atoms with Gasteiger partial charge in [0, 0.05) is 36.3 Å². The van der Waals surface area contributed by atoms with Crippen LogP contribution in [0.3, 0.4) is 0 Å². The summed E-state index contributed by atoms with van der Waals surface area (Å²) < 4.78 is 0. The second-order valence-electron chi connectivity index (χ2n) is 8.79. The van der Waals surface area contributed by atoms with Crippen LogP contribution >= 0.6 is 0 Å². The van der Waals surface area contributed by atoms with Crippen LogP contribution in [0.1, 0.15) is 53.4 Å². The monoisotopic (exact) mass is 295 g/mol. The lowest BCUT2D eigenvalue weighted by Crippen LogP contribution is -2.62. The molecule has 0 saturated carbocycles. The number of piperidine rings is 1. The van der Waals surface area contributed by atoms with Crippen molar-refractivity contribution in [2.75, 3.05) is 26.2 Å². The van der Waals surface area contributed by atoms with Gasteiger partial charge in [-0.1, -0.05) is 0 Å². The van der Waals surface area contributed by atoms with Crippen molar-refractivity contribution < 1.29 is 5.11 Å². The Hall–Kier alpha value is -0.160. The van der Waals surface area contributed by atoms with E-state index in [1.54, 1.807) is 0 Å². The fraction of sp³-hybridized carbons (Fsp3) is 1.00. The minimum absolute atomic E-state index is 0.163. The maximum atomic E-state index is 10.5. The maximum absolute atomic E-state index is 10.5. The van der Waals surface area contributed by atoms with Crippen molar-refractivity contribution in [3.05, 3.63) is 0 Å². The van der Waals surface area contributed by atoms with E-state index in [2.05, 4.69) is 42.8 Å². The SMILES string of the molecule is CC1(C)CC(N2C[C@H](O)[C@@H](N3CCCC3)C2)CC(C)(C)N1. The Morgan fingerprint density at radius 3 is 2.05 bits per heavy atom. The van der Waals surface area contributed by atoms with Gasteiger partial charge in [-0.05, 0) is 66.5 Å². The van der Waals surface area contributed by atoms with Gasteiger partial charge in [0.25, 0.3) is 0 Å². The van der Waals surface area contributed by atoms with Crippen molar-refractivity contribution in [3.63, 3.8) is 0 Å². The van der Waals surface area contributed by atoms with E-state index in [1.165, 1.54) is 38.8 Å². The van der Waals surface area contributed by atoms with Crippen LogP contribution in [0.5, 0.6) is 0 Å². The van der Waals surface area contributed by atoms with Gasteiger partial charge in [-0.3, -0.25) is 9.80 Å². The van der Waals surface area contributed by atoms with E-state index in [-0.39, 0.29) is 17.2 Å². The van der Waals surface area contributed by atoms with Crippen molar-refractivity contribution in [3.8, 4) is 0 Å². The summed E-state index contributed by atoms with van der Waals surface area (Å²) in [6.07, 6.45) is 4.79. The molecule has 3 aliphatic rings. The number of aliphatic hydroxyl groups excluding tert-OH is 1. The van der Waals surface area contributed by atoms with E-state index in [0.717, 1.165) is 13.1 Å². The van der Waals surface area contributed by atoms with Crippen LogP contribution in [0.2, 0.25) is 0 Å². The van der Waals surface area contributed by atoms with Gasteiger partial charge in [-0.2, -0.15) is 0 Å². The standard InChI is InChI=1S/C17H33N3O/c1-16(2)9-13(10-17(3,4)18-16)20-11-14(15(21)12-20)19-7-5-6-8-19/h13-15,18,21H,5-12H2,1-4H3/t14-,15-/m0/s1. The summed E-state index contributed by atoms with van der Waals surface area (Å²) >= 11 is 0. The minimum atomic E-state index is -0.163. The van der Waals surface area contributed by atoms with Crippen LogP contribution in [0, 0.1) is 0 Å². The largest absolute Gasteiger partial charge is 0.390 e. The van der Waals surface area contributed by atoms with Gasteiger partial charge >= 0.3 is 0 Å². The van der Waals surface area contributed by atoms with Crippen molar-refractivity contribution in [1.82, 2.24) is 15.1 Å². The summed E-state index contributed by atoms with van der Waals surface area (Å²) in [7, 11) is 0. The molecule has 21 heavy (non-hydrogen) atoms. The number of hydrogen-bond acceptors (Lipinski definition) is 4. The van der Waals surface area contributed by atoms with E-state index < -0.39 is 0 Å². The number of likely N-dealkylation sites (tertiary alicyclic amines) is 2. The molecule has 3 heterocycles. The molecular formula is C17H33N3O. The van der Waals surface area contributed by atoms with Crippen molar-refractivity contribution in [1.29, 1.82) is 0 Å². The Balaban J connectivity index is 1.67. The van der Waals surface area contributed by atoms with Gasteiger partial charge < -0.3 is 10.4 Å². The van der Waals surface area contributed by atoms with Crippen molar-refractivity contribution in [2.24, 2.45) is 0 Å². The highest BCUT2D eigenvalue weighted by molar-refractivity contribution is 5.03. The summed E-state index contributed by atoms with van der Waals surface area (Å²) in [5.41, 5.74) is 0.367. The van der Waals surface area contributed by atoms with Gasteiger partial charge in [0.1, 0.15) is 0 Å². The van der Waals surface area contributed by atoms with Gasteiger partial charge in [0.2, 0.25) is 0 Å². The quantitative estimate of drug-likeness (QED) is 0.808. The topological polar surface area (TPSA) is 38.7 Å². The molecule has 0 bridgehead atoms. The lowest BCUT2D eigenvalue weighted by molar-refractivity contribution is 0.0702. The molecule has 0 spiro atoms. The average Bonchev–Trinajstić information content (AvgIpc) is 2.92. The molecule has 2 N–H and O–H groups in total. The minimum Gasteiger partial charge on any atom is -0.390 e. The second-order valence-corrected chi connectivity index (χ2v) is 8.79. The normalized spacial score (nSPS) is 38.1. The van der Waals surface area contributed by atoms with E-state index in [1.807, 2.05) is 0 Å². The van der Waals surface area contributed by atoms with E-state index in [4.69, 9.17) is 0 Å². The molecular weight excluding hydrogens is 262 g/mol. The third-order valence-corrected chi connectivity index (χ3v) is 5.58. The molecule has 0 aliphatic carbocycles. The van der Waals surface area contributed by atoms with Crippen LogP contribution in [-0.2, 0) is 0 Å². The third kappa shape index (κ3) is 3.44. The molecule has 0 unspecified atom stereocenters. The third-order valence-electron chi connectivity index (χ3n) is 5.58. The molecule has 3 aliphatic heterocycles. The van der Waals surface area contributed by atoms with Crippen molar-refractivity contribution >= 4 is 0 Å². The Kier molecular flexibility index (Phi) is 4.11. The molecule has 0 aromatic rings. The summed E-state index contributed by atoms with van der Waals surface area (Å²) in [4.78, 5) is 5.08. The lowest BCUT2D eigenvalue weighted by Gasteiger charge is -2.49. The smallest absolute Gasteiger partial charge is 0.0834 e. The highest BCUT2D eigenvalue weighted by Gasteiger charge is 2.44. The molecule has 3 saturated heterocycles. The Morgan fingerprint density at radius 1 is 0.905 bits per heavy atom. The zero-order chi connectivity index (χ0) is 15.3. The summed E-state index contributed by atoms with van der Waals surface area (Å²) in [5.74, 6) is 0. The fourth-order valence-corrected chi connectivity index (χ4v) is 5.06. The second kappa shape index (κ2) is 5.48. The van der Waals surface area contributed by atoms with Gasteiger partial charge in [-0.25, -0.2) is 0 Å². The Labute approximate surface area is 129 Å². The van der Waals surface area contributed by atoms with Crippen LogP contribution < -0.4 is 5.32 Å². The zero-order valence-corrected chi connectivity index (χ0v) is 14.2. The molecule has 4 heteroatoms. The first-order valence-electron chi connectivity index (χ1n) is 8.71. The Bertz CT molecular complexity index is 360. The van der Waals surface area contributed by atoms with Crippen LogP contribution in [0.15, 0.2) is 0 Å². The molecule has 0 aromatic heterocycles. The summed E-state index contributed by atoms with van der Waals surface area (Å²) in [6.45, 7) is 13.5. The fourth-order valence-electron chi connectivity index (χ4n) is 5.06. The van der Waals surface area contributed by atoms with E-state index >= 15 is 0 Å². The highest BCUT2D eigenvalue weighted by atomic mass is 16.3. The van der Waals surface area contributed by atoms with Gasteiger partial charge in [-0.15, -0.1) is 0 Å². The number of nitrogens with zero attached hydrogens (tertiary/aromatic N) is 2. The van der Waals surface area contributed by atoms with Crippen LogP contribution in [0.4, 0.5) is 0 Å². The lowest BCUT2D eigenvalue weighted by atomic mass is 9.79. The first-order chi connectivity index (χ1) is 9.76. The molecule has 0 aromatic carbocycles. The zero-order valence-electron chi connectivity index (χ0n) is 14.2. The predicted molar refractivity (Wildman–Crippen MR) is 86.5 cm³/mol. The molecule has 0 radical (unpaired) electrons. The predicted octanol–water partition coefficient (Wildman–Crippen LogP) is 1.44. The van der Waals surface area contributed by atoms with Crippen LogP contribution in [0.25, 0.3) is 0 Å². The van der Waals surface area contributed by atoms with Crippen molar-refractivity contribution in [2.45, 2.75) is 82.6 Å². The first kappa shape index (κ1) is 15.7. The summed E-state index contributed by atoms with van der Waals surface area (Å²) in [5, 5.41) is 14.3. The summed E-state index contributed by atoms with van der Waals surface area (Å²) in [6, 6.07) is 0.965. The van der Waals surface area contributed by atoms with E-state index in [0.29, 0.717) is 12.1 Å². The van der Waals surface area contributed by atoms with Gasteiger partial charge in [0.05, 0.1) is 6.10 Å². The highest BCUT2D eigenvalue weighted by Crippen LogP contribution is 2.34. The Morgan fingerprint density at radius 2 is 1.48 bits per heavy atom. The number of β-amino-alcohol motifs (C(OH)–C–C–N with tert-alkyl or cyclic N) is 1. The van der Waals surface area contributed by atoms with E-state index in [9.17, 15) is 5.11 Å². The maximum Gasteiger partial charge on any atom is 0.0834 e. The molecule has 0 amide bonds. The van der Waals surface area contributed by atoms with Gasteiger partial charge in [0.15, 0.2) is 0 Å². The molecule has 4 nitrogen and oxygen atoms in total. The molecule has 2 atom stereocenters. The number of nitrogens with one attached hydrogen (secondary N) is 1. The number of hydrogen-bond donors (Lipinski definition) is 2. The molecule has 3 fully saturated rings. The molecule has 122 valence electrons. The molecule has 3 rings (SSSR count). The number of rotatable bonds is 2.